The normalized spacial score (nSPS) is 10.6. The van der Waals surface area contributed by atoms with Crippen molar-refractivity contribution in [3.8, 4) is 11.4 Å². The summed E-state index contributed by atoms with van der Waals surface area (Å²) in [5.74, 6) is 0.263. The Morgan fingerprint density at radius 1 is 1.16 bits per heavy atom. The van der Waals surface area contributed by atoms with Gasteiger partial charge in [0.25, 0.3) is 0 Å². The molecule has 0 amide bonds. The van der Waals surface area contributed by atoms with Crippen LogP contribution in [0.1, 0.15) is 10.4 Å². The Kier molecular flexibility index (Phi) is 2.68. The van der Waals surface area contributed by atoms with Crippen molar-refractivity contribution in [3.05, 3.63) is 48.4 Å². The zero-order valence-electron chi connectivity index (χ0n) is 10.1. The van der Waals surface area contributed by atoms with Crippen molar-refractivity contribution in [3.63, 3.8) is 0 Å². The van der Waals surface area contributed by atoms with Crippen LogP contribution in [0.4, 0.5) is 0 Å². The zero-order chi connectivity index (χ0) is 13.2. The molecule has 6 nitrogen and oxygen atoms in total. The van der Waals surface area contributed by atoms with Crippen LogP contribution in [0.3, 0.4) is 0 Å². The lowest BCUT2D eigenvalue weighted by Gasteiger charge is -2.02. The molecule has 0 aliphatic carbocycles. The highest BCUT2D eigenvalue weighted by Gasteiger charge is 2.11. The van der Waals surface area contributed by atoms with Crippen LogP contribution in [0.25, 0.3) is 17.0 Å². The molecule has 0 atom stereocenters. The molecule has 0 aliphatic rings. The van der Waals surface area contributed by atoms with Gasteiger partial charge in [0.2, 0.25) is 0 Å². The first kappa shape index (κ1) is 11.3. The lowest BCUT2D eigenvalue weighted by atomic mass is 10.2. The Bertz CT molecular complexity index is 737. The average molecular weight is 254 g/mol. The van der Waals surface area contributed by atoms with E-state index in [1.165, 1.54) is 7.11 Å². The minimum absolute atomic E-state index is 0.392. The number of aromatic nitrogens is 4. The van der Waals surface area contributed by atoms with Gasteiger partial charge in [0.15, 0.2) is 11.5 Å². The number of nitrogens with zero attached hydrogens (tertiary/aromatic N) is 4. The number of esters is 1. The summed E-state index contributed by atoms with van der Waals surface area (Å²) in [5.41, 5.74) is 1.99. The van der Waals surface area contributed by atoms with Gasteiger partial charge in [-0.05, 0) is 24.3 Å². The van der Waals surface area contributed by atoms with Crippen LogP contribution in [0.2, 0.25) is 0 Å². The number of fused-ring (bicyclic) bond motifs is 1. The first-order chi connectivity index (χ1) is 9.29. The maximum atomic E-state index is 11.5. The summed E-state index contributed by atoms with van der Waals surface area (Å²) in [5, 5.41) is 8.19. The largest absolute Gasteiger partial charge is 0.465 e. The lowest BCUT2D eigenvalue weighted by Crippen LogP contribution is -2.03. The van der Waals surface area contributed by atoms with E-state index < -0.39 is 5.97 Å². The first-order valence-electron chi connectivity index (χ1n) is 5.63. The van der Waals surface area contributed by atoms with Gasteiger partial charge < -0.3 is 4.74 Å². The van der Waals surface area contributed by atoms with Crippen LogP contribution in [-0.2, 0) is 4.74 Å². The standard InChI is InChI=1S/C13H10N4O2/c1-19-13(18)10-2-3-11-15-16-12(17(11)8-10)9-4-6-14-7-5-9/h2-8H,1H3. The summed E-state index contributed by atoms with van der Waals surface area (Å²) in [6.45, 7) is 0. The minimum Gasteiger partial charge on any atom is -0.465 e. The molecule has 19 heavy (non-hydrogen) atoms. The van der Waals surface area contributed by atoms with Crippen molar-refractivity contribution in [2.45, 2.75) is 0 Å². The Hall–Kier alpha value is -2.76. The third-order valence-corrected chi connectivity index (χ3v) is 2.76. The van der Waals surface area contributed by atoms with Crippen LogP contribution in [0.15, 0.2) is 42.9 Å². The number of pyridine rings is 2. The molecule has 0 saturated heterocycles. The van der Waals surface area contributed by atoms with Crippen molar-refractivity contribution in [2.24, 2.45) is 0 Å². The molecule has 0 radical (unpaired) electrons. The number of methoxy groups -OCH3 is 1. The number of carbonyl (C=O) groups is 1. The molecule has 0 spiro atoms. The van der Waals surface area contributed by atoms with E-state index in [2.05, 4.69) is 15.2 Å². The van der Waals surface area contributed by atoms with E-state index in [-0.39, 0.29) is 0 Å². The molecule has 3 rings (SSSR count). The summed E-state index contributed by atoms with van der Waals surface area (Å²) < 4.78 is 6.46. The topological polar surface area (TPSA) is 69.4 Å². The molecule has 3 aromatic rings. The van der Waals surface area contributed by atoms with E-state index in [4.69, 9.17) is 4.74 Å². The number of hydrogen-bond acceptors (Lipinski definition) is 5. The minimum atomic E-state index is -0.392. The van der Waals surface area contributed by atoms with Gasteiger partial charge in [0, 0.05) is 24.2 Å². The maximum Gasteiger partial charge on any atom is 0.339 e. The van der Waals surface area contributed by atoms with Crippen molar-refractivity contribution in [1.29, 1.82) is 0 Å². The lowest BCUT2D eigenvalue weighted by molar-refractivity contribution is 0.0600. The van der Waals surface area contributed by atoms with Gasteiger partial charge in [-0.15, -0.1) is 10.2 Å². The highest BCUT2D eigenvalue weighted by atomic mass is 16.5. The summed E-state index contributed by atoms with van der Waals surface area (Å²) in [4.78, 5) is 15.5. The Balaban J connectivity index is 2.19. The van der Waals surface area contributed by atoms with Gasteiger partial charge in [-0.2, -0.15) is 0 Å². The molecular formula is C13H10N4O2. The van der Waals surface area contributed by atoms with E-state index in [9.17, 15) is 4.79 Å². The predicted molar refractivity (Wildman–Crippen MR) is 67.6 cm³/mol. The fraction of sp³-hybridized carbons (Fsp3) is 0.0769. The summed E-state index contributed by atoms with van der Waals surface area (Å²) in [6.07, 6.45) is 5.03. The number of ether oxygens (including phenoxy) is 1. The molecular weight excluding hydrogens is 244 g/mol. The monoisotopic (exact) mass is 254 g/mol. The fourth-order valence-electron chi connectivity index (χ4n) is 1.83. The number of hydrogen-bond donors (Lipinski definition) is 0. The van der Waals surface area contributed by atoms with Crippen molar-refractivity contribution in [1.82, 2.24) is 19.6 Å². The Labute approximate surface area is 108 Å². The molecule has 0 unspecified atom stereocenters. The zero-order valence-corrected chi connectivity index (χ0v) is 10.1. The van der Waals surface area contributed by atoms with Crippen molar-refractivity contribution in [2.75, 3.05) is 7.11 Å². The molecule has 0 aromatic carbocycles. The van der Waals surface area contributed by atoms with E-state index in [1.807, 2.05) is 12.1 Å². The molecule has 0 aliphatic heterocycles. The highest BCUT2D eigenvalue weighted by molar-refractivity contribution is 5.89. The molecule has 6 heteroatoms. The second-order valence-electron chi connectivity index (χ2n) is 3.90. The van der Waals surface area contributed by atoms with Gasteiger partial charge in [-0.25, -0.2) is 4.79 Å². The summed E-state index contributed by atoms with van der Waals surface area (Å²) >= 11 is 0. The molecule has 0 N–H and O–H groups in total. The first-order valence-corrected chi connectivity index (χ1v) is 5.63. The Morgan fingerprint density at radius 3 is 2.68 bits per heavy atom. The molecule has 0 fully saturated rings. The number of carbonyl (C=O) groups excluding carboxylic acids is 1. The van der Waals surface area contributed by atoms with Gasteiger partial charge >= 0.3 is 5.97 Å². The SMILES string of the molecule is COC(=O)c1ccc2nnc(-c3ccncc3)n2c1. The van der Waals surface area contributed by atoms with Gasteiger partial charge in [-0.1, -0.05) is 0 Å². The van der Waals surface area contributed by atoms with Gasteiger partial charge in [-0.3, -0.25) is 9.38 Å². The molecule has 3 heterocycles. The van der Waals surface area contributed by atoms with Crippen LogP contribution >= 0.6 is 0 Å². The summed E-state index contributed by atoms with van der Waals surface area (Å²) in [7, 11) is 1.35. The van der Waals surface area contributed by atoms with Gasteiger partial charge in [0.05, 0.1) is 12.7 Å². The predicted octanol–water partition coefficient (Wildman–Crippen LogP) is 1.58. The van der Waals surface area contributed by atoms with Crippen molar-refractivity contribution >= 4 is 11.6 Å². The quantitative estimate of drug-likeness (QED) is 0.649. The Morgan fingerprint density at radius 2 is 1.95 bits per heavy atom. The second kappa shape index (κ2) is 4.49. The maximum absolute atomic E-state index is 11.5. The van der Waals surface area contributed by atoms with E-state index in [0.29, 0.717) is 17.0 Å². The third kappa shape index (κ3) is 1.93. The van der Waals surface area contributed by atoms with E-state index in [1.54, 1.807) is 35.1 Å². The molecule has 0 saturated carbocycles. The third-order valence-electron chi connectivity index (χ3n) is 2.76. The van der Waals surface area contributed by atoms with Crippen LogP contribution in [0, 0.1) is 0 Å². The molecule has 3 aromatic heterocycles. The smallest absolute Gasteiger partial charge is 0.339 e. The van der Waals surface area contributed by atoms with Gasteiger partial charge in [0.1, 0.15) is 0 Å². The molecule has 94 valence electrons. The average Bonchev–Trinajstić information content (AvgIpc) is 2.90. The van der Waals surface area contributed by atoms with Crippen molar-refractivity contribution < 1.29 is 9.53 Å². The van der Waals surface area contributed by atoms with E-state index in [0.717, 1.165) is 5.56 Å². The second-order valence-corrected chi connectivity index (χ2v) is 3.90. The molecule has 0 bridgehead atoms. The van der Waals surface area contributed by atoms with Crippen LogP contribution in [-0.4, -0.2) is 32.7 Å². The summed E-state index contributed by atoms with van der Waals surface area (Å²) in [6, 6.07) is 7.05. The van der Waals surface area contributed by atoms with Crippen LogP contribution in [0.5, 0.6) is 0 Å². The highest BCUT2D eigenvalue weighted by Crippen LogP contribution is 2.18. The fourth-order valence-corrected chi connectivity index (χ4v) is 1.83. The van der Waals surface area contributed by atoms with E-state index >= 15 is 0 Å². The number of rotatable bonds is 2. The van der Waals surface area contributed by atoms with Crippen LogP contribution < -0.4 is 0 Å².